The Balaban J connectivity index is 0.000000189. The molecule has 17 heteroatoms. The summed E-state index contributed by atoms with van der Waals surface area (Å²) in [7, 11) is 0. The van der Waals surface area contributed by atoms with Crippen molar-refractivity contribution in [3.05, 3.63) is 83.2 Å². The van der Waals surface area contributed by atoms with Crippen molar-refractivity contribution in [2.24, 2.45) is 0 Å². The van der Waals surface area contributed by atoms with Crippen LogP contribution in [0.5, 0.6) is 0 Å². The summed E-state index contributed by atoms with van der Waals surface area (Å²) in [4.78, 5) is 59.1. The maximum absolute atomic E-state index is 12.7. The summed E-state index contributed by atoms with van der Waals surface area (Å²) in [5.41, 5.74) is 13.7. The summed E-state index contributed by atoms with van der Waals surface area (Å²) >= 11 is 4.64. The normalized spacial score (nSPS) is 17.1. The highest BCUT2D eigenvalue weighted by Crippen LogP contribution is 2.29. The molecule has 8 rings (SSSR count). The number of aryl methyl sites for hydroxylation is 2. The molecule has 4 aliphatic rings. The summed E-state index contributed by atoms with van der Waals surface area (Å²) in [5.74, 6) is 0.560. The molecule has 6 heterocycles. The number of benzene rings is 2. The van der Waals surface area contributed by atoms with Crippen molar-refractivity contribution in [3.63, 3.8) is 0 Å². The Bertz CT molecular complexity index is 2110. The van der Waals surface area contributed by atoms with Gasteiger partial charge in [0.2, 0.25) is 11.1 Å². The fourth-order valence-electron chi connectivity index (χ4n) is 8.21. The molecule has 4 fully saturated rings. The van der Waals surface area contributed by atoms with Gasteiger partial charge in [-0.25, -0.2) is 9.59 Å². The van der Waals surface area contributed by atoms with Gasteiger partial charge in [-0.05, 0) is 85.5 Å². The number of amides is 3. The number of piperazine rings is 2. The highest BCUT2D eigenvalue weighted by molar-refractivity contribution is 6.62. The number of aromatic nitrogens is 4. The molecule has 0 atom stereocenters. The van der Waals surface area contributed by atoms with Crippen LogP contribution in [0.4, 0.5) is 32.6 Å². The van der Waals surface area contributed by atoms with Gasteiger partial charge in [0, 0.05) is 141 Å². The van der Waals surface area contributed by atoms with Gasteiger partial charge in [0.25, 0.3) is 0 Å². The number of nitrogens with two attached hydrogens (primary N) is 1. The van der Waals surface area contributed by atoms with Crippen molar-refractivity contribution < 1.29 is 19.2 Å². The standard InChI is InChI=1S/C22H30N6O2.C20H28N6O.C2H3ClO/c1-17-5-6-19(20(15-17)26-8-3-4-9-26)16-25-11-13-27(14-12-25)22(30)28-10-7-21(24-28)23-18(2)29;1-16-4-5-17(18(14-16)24-7-2-3-8-24)15-23-10-12-25(13-11-23)20(27)26-9-6-19(21)22-26;1-2(3)4/h5-7,10,15H,3-4,8-9,11-14,16H2,1-2H3,(H,23,24,29);4-6,9,14H,2-3,7-8,10-13,15H2,1H3,(H2,21,22);1H3. The predicted molar refractivity (Wildman–Crippen MR) is 240 cm³/mol. The maximum Gasteiger partial charge on any atom is 0.344 e. The van der Waals surface area contributed by atoms with Gasteiger partial charge in [0.05, 0.1) is 0 Å². The van der Waals surface area contributed by atoms with Crippen LogP contribution in [0.25, 0.3) is 0 Å². The van der Waals surface area contributed by atoms with Gasteiger partial charge in [0.15, 0.2) is 5.82 Å². The van der Waals surface area contributed by atoms with Crippen LogP contribution in [0.3, 0.4) is 0 Å². The molecule has 2 aromatic heterocycles. The Labute approximate surface area is 364 Å². The van der Waals surface area contributed by atoms with Crippen LogP contribution in [0.15, 0.2) is 60.9 Å². The number of halogens is 1. The highest BCUT2D eigenvalue weighted by atomic mass is 35.5. The van der Waals surface area contributed by atoms with Crippen LogP contribution in [-0.2, 0) is 22.7 Å². The van der Waals surface area contributed by atoms with E-state index >= 15 is 0 Å². The number of hydrogen-bond acceptors (Lipinski definition) is 11. The number of rotatable bonds is 7. The van der Waals surface area contributed by atoms with E-state index in [1.165, 1.54) is 82.5 Å². The number of carbonyl (C=O) groups is 4. The van der Waals surface area contributed by atoms with Crippen molar-refractivity contribution in [1.29, 1.82) is 0 Å². The molecule has 0 spiro atoms. The second-order valence-corrected chi connectivity index (χ2v) is 16.8. The molecule has 0 saturated carbocycles. The first kappa shape index (κ1) is 45.1. The van der Waals surface area contributed by atoms with Gasteiger partial charge < -0.3 is 30.7 Å². The molecule has 0 aliphatic carbocycles. The molecular weight excluding hydrogens is 796 g/mol. The van der Waals surface area contributed by atoms with Crippen LogP contribution < -0.4 is 20.9 Å². The largest absolute Gasteiger partial charge is 0.382 e. The van der Waals surface area contributed by atoms with E-state index in [2.05, 4.69) is 97.0 Å². The quantitative estimate of drug-likeness (QED) is 0.227. The van der Waals surface area contributed by atoms with E-state index in [1.807, 2.05) is 9.80 Å². The second kappa shape index (κ2) is 21.4. The highest BCUT2D eigenvalue weighted by Gasteiger charge is 2.26. The zero-order valence-electron chi connectivity index (χ0n) is 36.1. The van der Waals surface area contributed by atoms with Crippen molar-refractivity contribution in [3.8, 4) is 0 Å². The van der Waals surface area contributed by atoms with E-state index in [0.717, 1.165) is 65.4 Å². The third kappa shape index (κ3) is 12.8. The molecule has 3 amide bonds. The molecule has 3 N–H and O–H groups in total. The van der Waals surface area contributed by atoms with Crippen molar-refractivity contribution in [1.82, 2.24) is 39.2 Å². The third-order valence-corrected chi connectivity index (χ3v) is 11.3. The minimum atomic E-state index is -0.361. The van der Waals surface area contributed by atoms with Crippen molar-refractivity contribution >= 4 is 57.8 Å². The average Bonchev–Trinajstić information content (AvgIpc) is 4.09. The molecule has 0 bridgehead atoms. The topological polar surface area (TPSA) is 161 Å². The number of carbonyl (C=O) groups excluding carboxylic acids is 4. The summed E-state index contributed by atoms with van der Waals surface area (Å²) < 4.78 is 2.63. The second-order valence-electron chi connectivity index (χ2n) is 16.2. The molecule has 4 aromatic rings. The lowest BCUT2D eigenvalue weighted by atomic mass is 10.1. The van der Waals surface area contributed by atoms with Crippen LogP contribution in [0.2, 0.25) is 0 Å². The molecule has 4 aliphatic heterocycles. The summed E-state index contributed by atoms with van der Waals surface area (Å²) in [6.45, 7) is 19.6. The fraction of sp³-hybridized carbons (Fsp3) is 0.500. The first-order chi connectivity index (χ1) is 29.3. The molecule has 2 aromatic carbocycles. The van der Waals surface area contributed by atoms with Crippen LogP contribution in [-0.4, -0.2) is 141 Å². The van der Waals surface area contributed by atoms with Gasteiger partial charge in [-0.15, -0.1) is 10.2 Å². The summed E-state index contributed by atoms with van der Waals surface area (Å²) in [6, 6.07) is 16.6. The molecule has 0 radical (unpaired) electrons. The number of nitrogen functional groups attached to an aromatic ring is 1. The van der Waals surface area contributed by atoms with Gasteiger partial charge in [-0.3, -0.25) is 19.4 Å². The summed E-state index contributed by atoms with van der Waals surface area (Å²) in [5, 5.41) is 10.4. The first-order valence-corrected chi connectivity index (χ1v) is 21.7. The molecule has 16 nitrogen and oxygen atoms in total. The van der Waals surface area contributed by atoms with Gasteiger partial charge in [-0.1, -0.05) is 24.3 Å². The number of nitrogens with one attached hydrogen (secondary N) is 1. The van der Waals surface area contributed by atoms with E-state index in [1.54, 1.807) is 24.5 Å². The van der Waals surface area contributed by atoms with Crippen LogP contribution in [0.1, 0.15) is 61.8 Å². The minimum absolute atomic E-state index is 0.0977. The van der Waals surface area contributed by atoms with E-state index in [4.69, 9.17) is 5.73 Å². The number of anilines is 4. The molecule has 61 heavy (non-hydrogen) atoms. The van der Waals surface area contributed by atoms with Crippen LogP contribution in [0, 0.1) is 13.8 Å². The Kier molecular flexibility index (Phi) is 15.8. The van der Waals surface area contributed by atoms with Gasteiger partial charge in [-0.2, -0.15) is 9.36 Å². The fourth-order valence-corrected chi connectivity index (χ4v) is 8.21. The molecule has 4 saturated heterocycles. The third-order valence-electron chi connectivity index (χ3n) is 11.3. The van der Waals surface area contributed by atoms with E-state index in [0.29, 0.717) is 37.8 Å². The monoisotopic (exact) mass is 856 g/mol. The van der Waals surface area contributed by atoms with Crippen molar-refractivity contribution in [2.45, 2.75) is 66.5 Å². The zero-order chi connectivity index (χ0) is 43.5. The van der Waals surface area contributed by atoms with E-state index in [-0.39, 0.29) is 23.2 Å². The lowest BCUT2D eigenvalue weighted by Crippen LogP contribution is -2.49. The van der Waals surface area contributed by atoms with Crippen LogP contribution >= 0.6 is 11.6 Å². The Morgan fingerprint density at radius 1 is 0.607 bits per heavy atom. The van der Waals surface area contributed by atoms with E-state index in [9.17, 15) is 19.2 Å². The summed E-state index contributed by atoms with van der Waals surface area (Å²) in [6.07, 6.45) is 8.32. The Morgan fingerprint density at radius 3 is 1.41 bits per heavy atom. The number of hydrogen-bond donors (Lipinski definition) is 2. The molecular formula is C44H61ClN12O4. The minimum Gasteiger partial charge on any atom is -0.382 e. The smallest absolute Gasteiger partial charge is 0.344 e. The zero-order valence-corrected chi connectivity index (χ0v) is 36.8. The van der Waals surface area contributed by atoms with E-state index < -0.39 is 0 Å². The Hall–Kier alpha value is -5.45. The number of nitrogens with zero attached hydrogens (tertiary/aromatic N) is 10. The molecule has 0 unspecified atom stereocenters. The lowest BCUT2D eigenvalue weighted by Gasteiger charge is -2.35. The predicted octanol–water partition coefficient (Wildman–Crippen LogP) is 5.47. The van der Waals surface area contributed by atoms with Crippen molar-refractivity contribution in [2.75, 3.05) is 99.4 Å². The molecule has 328 valence electrons. The Morgan fingerprint density at radius 2 is 1.02 bits per heavy atom. The lowest BCUT2D eigenvalue weighted by molar-refractivity contribution is -0.114. The SMILES string of the molecule is CC(=O)Cl.CC(=O)Nc1ccn(C(=O)N2CCN(Cc3ccc(C)cc3N3CCCC3)CC2)n1.Cc1ccc(CN2CCN(C(=O)n3ccc(N)n3)CC2)c(N2CCCC2)c1. The van der Waals surface area contributed by atoms with Gasteiger partial charge in [0.1, 0.15) is 5.82 Å². The van der Waals surface area contributed by atoms with Gasteiger partial charge >= 0.3 is 12.1 Å². The first-order valence-electron chi connectivity index (χ1n) is 21.4. The average molecular weight is 858 g/mol. The maximum atomic E-state index is 12.7.